The first kappa shape index (κ1) is 20.7. The second-order valence-corrected chi connectivity index (χ2v) is 10.1. The van der Waals surface area contributed by atoms with Gasteiger partial charge in [0.2, 0.25) is 6.29 Å². The number of aliphatic hydroxyl groups is 1. The molecule has 5 atom stereocenters. The van der Waals surface area contributed by atoms with Crippen molar-refractivity contribution in [2.45, 2.75) is 98.8 Å². The lowest BCUT2D eigenvalue weighted by atomic mass is 9.72. The Morgan fingerprint density at radius 2 is 1.84 bits per heavy atom. The highest BCUT2D eigenvalue weighted by Crippen LogP contribution is 2.49. The van der Waals surface area contributed by atoms with Crippen LogP contribution < -0.4 is 0 Å². The molecule has 0 aromatic heterocycles. The molecule has 2 heterocycles. The van der Waals surface area contributed by atoms with Gasteiger partial charge >= 0.3 is 5.97 Å². The molecular weight excluding hydrogens is 320 g/mol. The van der Waals surface area contributed by atoms with Crippen molar-refractivity contribution in [1.29, 1.82) is 0 Å². The molecule has 2 aliphatic heterocycles. The van der Waals surface area contributed by atoms with Crippen LogP contribution in [0, 0.1) is 16.2 Å². The summed E-state index contributed by atoms with van der Waals surface area (Å²) < 4.78 is 17.5. The molecule has 2 saturated heterocycles. The van der Waals surface area contributed by atoms with Crippen molar-refractivity contribution in [2.75, 3.05) is 6.61 Å². The van der Waals surface area contributed by atoms with Gasteiger partial charge in [0.05, 0.1) is 17.6 Å². The third-order valence-corrected chi connectivity index (χ3v) is 5.56. The SMILES string of the molecule is CC(C)(C)CCCCO[C@H]1C[C@H](C(C)(C)C)OC2OC(=O)[C@@H](O)C21C. The average molecular weight is 357 g/mol. The van der Waals surface area contributed by atoms with E-state index < -0.39 is 23.8 Å². The van der Waals surface area contributed by atoms with Crippen LogP contribution in [0.3, 0.4) is 0 Å². The Morgan fingerprint density at radius 1 is 1.20 bits per heavy atom. The highest BCUT2D eigenvalue weighted by atomic mass is 16.7. The van der Waals surface area contributed by atoms with E-state index in [9.17, 15) is 9.90 Å². The van der Waals surface area contributed by atoms with Gasteiger partial charge in [0.15, 0.2) is 6.10 Å². The molecule has 0 saturated carbocycles. The molecule has 0 aromatic carbocycles. The number of esters is 1. The van der Waals surface area contributed by atoms with E-state index in [2.05, 4.69) is 41.5 Å². The number of carbonyl (C=O) groups excluding carboxylic acids is 1. The summed E-state index contributed by atoms with van der Waals surface area (Å²) in [7, 11) is 0. The number of carbonyl (C=O) groups is 1. The van der Waals surface area contributed by atoms with Crippen LogP contribution in [0.4, 0.5) is 0 Å². The number of rotatable bonds is 5. The van der Waals surface area contributed by atoms with E-state index >= 15 is 0 Å². The second kappa shape index (κ2) is 7.16. The topological polar surface area (TPSA) is 65.0 Å². The highest BCUT2D eigenvalue weighted by molar-refractivity contribution is 5.78. The van der Waals surface area contributed by atoms with E-state index in [1.165, 1.54) is 0 Å². The zero-order valence-corrected chi connectivity index (χ0v) is 16.9. The van der Waals surface area contributed by atoms with Gasteiger partial charge in [-0.3, -0.25) is 0 Å². The third-order valence-electron chi connectivity index (χ3n) is 5.56. The number of unbranched alkanes of at least 4 members (excludes halogenated alkanes) is 1. The summed E-state index contributed by atoms with van der Waals surface area (Å²) in [5.41, 5.74) is -0.604. The fourth-order valence-corrected chi connectivity index (χ4v) is 3.62. The van der Waals surface area contributed by atoms with Crippen LogP contribution in [0.15, 0.2) is 0 Å². The van der Waals surface area contributed by atoms with Crippen molar-refractivity contribution >= 4 is 5.97 Å². The molecule has 2 rings (SSSR count). The molecule has 1 N–H and O–H groups in total. The van der Waals surface area contributed by atoms with Crippen molar-refractivity contribution in [3.63, 3.8) is 0 Å². The van der Waals surface area contributed by atoms with Gasteiger partial charge in [-0.25, -0.2) is 4.79 Å². The fourth-order valence-electron chi connectivity index (χ4n) is 3.62. The van der Waals surface area contributed by atoms with E-state index in [1.54, 1.807) is 0 Å². The first-order valence-corrected chi connectivity index (χ1v) is 9.51. The van der Waals surface area contributed by atoms with Crippen LogP contribution in [-0.2, 0) is 19.0 Å². The molecule has 25 heavy (non-hydrogen) atoms. The lowest BCUT2D eigenvalue weighted by molar-refractivity contribution is -0.275. The quantitative estimate of drug-likeness (QED) is 0.601. The molecule has 0 spiro atoms. The van der Waals surface area contributed by atoms with Crippen molar-refractivity contribution in [3.05, 3.63) is 0 Å². The minimum Gasteiger partial charge on any atom is -0.433 e. The van der Waals surface area contributed by atoms with E-state index in [0.717, 1.165) is 19.3 Å². The minimum absolute atomic E-state index is 0.0803. The maximum Gasteiger partial charge on any atom is 0.338 e. The van der Waals surface area contributed by atoms with E-state index in [0.29, 0.717) is 18.4 Å². The lowest BCUT2D eigenvalue weighted by Gasteiger charge is -2.47. The summed E-state index contributed by atoms with van der Waals surface area (Å²) in [6.45, 7) is 15.5. The first-order chi connectivity index (χ1) is 11.4. The van der Waals surface area contributed by atoms with Crippen LogP contribution >= 0.6 is 0 Å². The predicted molar refractivity (Wildman–Crippen MR) is 96.0 cm³/mol. The molecule has 0 bridgehead atoms. The molecule has 0 aromatic rings. The summed E-state index contributed by atoms with van der Waals surface area (Å²) in [6.07, 6.45) is 1.61. The minimum atomic E-state index is -1.20. The lowest BCUT2D eigenvalue weighted by Crippen LogP contribution is -2.57. The monoisotopic (exact) mass is 356 g/mol. The smallest absolute Gasteiger partial charge is 0.338 e. The van der Waals surface area contributed by atoms with E-state index in [-0.39, 0.29) is 17.6 Å². The molecule has 2 aliphatic rings. The molecule has 5 heteroatoms. The van der Waals surface area contributed by atoms with Crippen LogP contribution in [0.1, 0.15) is 74.1 Å². The number of aliphatic hydroxyl groups excluding tert-OH is 1. The number of fused-ring (bicyclic) bond motifs is 1. The van der Waals surface area contributed by atoms with Crippen molar-refractivity contribution < 1.29 is 24.1 Å². The predicted octanol–water partition coefficient (Wildman–Crippen LogP) is 3.67. The van der Waals surface area contributed by atoms with Gasteiger partial charge in [0.1, 0.15) is 0 Å². The van der Waals surface area contributed by atoms with E-state index in [4.69, 9.17) is 14.2 Å². The molecule has 0 amide bonds. The summed E-state index contributed by atoms with van der Waals surface area (Å²) in [5, 5.41) is 10.4. The molecular formula is C20H36O5. The Kier molecular flexibility index (Phi) is 5.92. The molecule has 2 fully saturated rings. The van der Waals surface area contributed by atoms with Crippen molar-refractivity contribution in [2.24, 2.45) is 16.2 Å². The molecule has 0 radical (unpaired) electrons. The van der Waals surface area contributed by atoms with Crippen LogP contribution in [0.5, 0.6) is 0 Å². The van der Waals surface area contributed by atoms with Gasteiger partial charge in [0.25, 0.3) is 0 Å². The van der Waals surface area contributed by atoms with Gasteiger partial charge in [-0.15, -0.1) is 0 Å². The Morgan fingerprint density at radius 3 is 2.40 bits per heavy atom. The van der Waals surface area contributed by atoms with Gasteiger partial charge in [0, 0.05) is 13.0 Å². The summed E-state index contributed by atoms with van der Waals surface area (Å²) in [4.78, 5) is 11.9. The standard InChI is InChI=1S/C20H36O5/c1-18(2,3)10-8-9-11-23-14-12-13(19(4,5)6)24-17-20(14,7)15(21)16(22)25-17/h13-15,17,21H,8-12H2,1-7H3/t13-,14+,15-,17?,20?/m1/s1. The maximum atomic E-state index is 11.9. The Hall–Kier alpha value is -0.650. The normalized spacial score (nSPS) is 36.2. The van der Waals surface area contributed by atoms with Gasteiger partial charge in [-0.1, -0.05) is 48.0 Å². The van der Waals surface area contributed by atoms with Crippen LogP contribution in [0.25, 0.3) is 0 Å². The zero-order valence-electron chi connectivity index (χ0n) is 16.9. The first-order valence-electron chi connectivity index (χ1n) is 9.51. The number of ether oxygens (including phenoxy) is 3. The number of hydrogen-bond acceptors (Lipinski definition) is 5. The van der Waals surface area contributed by atoms with E-state index in [1.807, 2.05) is 6.92 Å². The second-order valence-electron chi connectivity index (χ2n) is 10.1. The summed E-state index contributed by atoms with van der Waals surface area (Å²) >= 11 is 0. The largest absolute Gasteiger partial charge is 0.433 e. The number of hydrogen-bond donors (Lipinski definition) is 1. The van der Waals surface area contributed by atoms with Gasteiger partial charge in [-0.2, -0.15) is 0 Å². The summed E-state index contributed by atoms with van der Waals surface area (Å²) in [5.74, 6) is -0.608. The Labute approximate surface area is 152 Å². The molecule has 2 unspecified atom stereocenters. The van der Waals surface area contributed by atoms with Crippen LogP contribution in [0.2, 0.25) is 0 Å². The highest BCUT2D eigenvalue weighted by Gasteiger charge is 2.63. The molecule has 0 aliphatic carbocycles. The Balaban J connectivity index is 2.02. The van der Waals surface area contributed by atoms with Gasteiger partial charge < -0.3 is 19.3 Å². The van der Waals surface area contributed by atoms with Crippen molar-refractivity contribution in [1.82, 2.24) is 0 Å². The zero-order chi connectivity index (χ0) is 19.0. The maximum absolute atomic E-state index is 11.9. The molecule has 5 nitrogen and oxygen atoms in total. The fraction of sp³-hybridized carbons (Fsp3) is 0.950. The summed E-state index contributed by atoms with van der Waals surface area (Å²) in [6, 6.07) is 0. The Bertz CT molecular complexity index is 475. The third kappa shape index (κ3) is 4.55. The molecule has 146 valence electrons. The van der Waals surface area contributed by atoms with Gasteiger partial charge in [-0.05, 0) is 30.6 Å². The average Bonchev–Trinajstić information content (AvgIpc) is 2.68. The van der Waals surface area contributed by atoms with Crippen molar-refractivity contribution in [3.8, 4) is 0 Å². The van der Waals surface area contributed by atoms with Crippen LogP contribution in [-0.4, -0.2) is 42.3 Å².